The first-order chi connectivity index (χ1) is 14.0. The lowest BCUT2D eigenvalue weighted by atomic mass is 10.1. The summed E-state index contributed by atoms with van der Waals surface area (Å²) < 4.78 is 48.0. The van der Waals surface area contributed by atoms with Crippen molar-refractivity contribution in [3.63, 3.8) is 0 Å². The molecule has 164 valence electrons. The van der Waals surface area contributed by atoms with E-state index in [1.165, 1.54) is 61.2 Å². The van der Waals surface area contributed by atoms with E-state index in [9.17, 15) is 12.8 Å². The molecule has 2 fully saturated rings. The molecule has 0 aromatic heterocycles. The van der Waals surface area contributed by atoms with Gasteiger partial charge < -0.3 is 10.1 Å². The van der Waals surface area contributed by atoms with Crippen LogP contribution in [-0.4, -0.2) is 51.6 Å². The molecule has 1 aromatic rings. The van der Waals surface area contributed by atoms with Crippen molar-refractivity contribution in [2.75, 3.05) is 37.5 Å². The van der Waals surface area contributed by atoms with E-state index in [-0.39, 0.29) is 11.8 Å². The van der Waals surface area contributed by atoms with Gasteiger partial charge in [-0.15, -0.1) is 0 Å². The highest BCUT2D eigenvalue weighted by Crippen LogP contribution is 2.27. The number of nitrogens with zero attached hydrogens (tertiary/aromatic N) is 1. The maximum Gasteiger partial charge on any atom is 0.301 e. The molecule has 1 saturated heterocycles. The smallest absolute Gasteiger partial charge is 0.301 e. The molecule has 2 N–H and O–H groups in total. The summed E-state index contributed by atoms with van der Waals surface area (Å²) in [5.74, 6) is 0.480. The number of piperidine rings is 1. The number of hydrogen-bond acceptors (Lipinski definition) is 4. The van der Waals surface area contributed by atoms with Crippen LogP contribution in [0.25, 0.3) is 0 Å². The van der Waals surface area contributed by atoms with Crippen molar-refractivity contribution in [1.82, 2.24) is 9.62 Å². The van der Waals surface area contributed by atoms with Gasteiger partial charge in [-0.25, -0.2) is 4.39 Å². The number of benzene rings is 1. The summed E-state index contributed by atoms with van der Waals surface area (Å²) in [7, 11) is -3.66. The second-order valence-corrected chi connectivity index (χ2v) is 9.82. The van der Waals surface area contributed by atoms with Crippen LogP contribution in [-0.2, 0) is 14.9 Å². The number of nitrogens with one attached hydrogen (secondary N) is 2. The number of rotatable bonds is 13. The highest BCUT2D eigenvalue weighted by atomic mass is 32.2. The maximum atomic E-state index is 13.2. The highest BCUT2D eigenvalue weighted by molar-refractivity contribution is 7.90. The van der Waals surface area contributed by atoms with Gasteiger partial charge in [0.15, 0.2) is 0 Å². The molecule has 3 rings (SSSR count). The van der Waals surface area contributed by atoms with E-state index in [4.69, 9.17) is 4.74 Å². The van der Waals surface area contributed by atoms with Gasteiger partial charge in [-0.3, -0.25) is 4.72 Å². The number of halogens is 1. The fraction of sp³-hybridized carbons (Fsp3) is 0.714. The van der Waals surface area contributed by atoms with Crippen LogP contribution in [0.1, 0.15) is 51.4 Å². The predicted molar refractivity (Wildman–Crippen MR) is 114 cm³/mol. The molecule has 6 nitrogen and oxygen atoms in total. The summed E-state index contributed by atoms with van der Waals surface area (Å²) >= 11 is 0. The number of anilines is 1. The molecule has 0 amide bonds. The lowest BCUT2D eigenvalue weighted by Gasteiger charge is -2.31. The van der Waals surface area contributed by atoms with Gasteiger partial charge in [-0.2, -0.15) is 12.7 Å². The summed E-state index contributed by atoms with van der Waals surface area (Å²) in [5, 5.41) is 3.52. The zero-order valence-electron chi connectivity index (χ0n) is 17.1. The Labute approximate surface area is 174 Å². The van der Waals surface area contributed by atoms with Crippen LogP contribution in [0.15, 0.2) is 24.3 Å². The molecule has 1 aliphatic carbocycles. The van der Waals surface area contributed by atoms with Crippen molar-refractivity contribution in [3.05, 3.63) is 30.1 Å². The van der Waals surface area contributed by atoms with Crippen LogP contribution in [0, 0.1) is 11.7 Å². The normalized spacial score (nSPS) is 18.8. The average Bonchev–Trinajstić information content (AvgIpc) is 3.51. The molecule has 1 saturated carbocycles. The minimum absolute atomic E-state index is 0.121. The van der Waals surface area contributed by atoms with Crippen molar-refractivity contribution in [1.29, 1.82) is 0 Å². The Balaban J connectivity index is 1.24. The molecule has 0 unspecified atom stereocenters. The molecule has 1 heterocycles. The third-order valence-electron chi connectivity index (χ3n) is 5.54. The van der Waals surface area contributed by atoms with Crippen molar-refractivity contribution in [3.8, 4) is 0 Å². The lowest BCUT2D eigenvalue weighted by molar-refractivity contribution is 0.0193. The second-order valence-electron chi connectivity index (χ2n) is 8.15. The molecular formula is C21H34FN3O3S. The molecular weight excluding hydrogens is 393 g/mol. The Bertz CT molecular complexity index is 720. The first-order valence-electron chi connectivity index (χ1n) is 10.9. The Hall–Kier alpha value is -1.22. The monoisotopic (exact) mass is 427 g/mol. The van der Waals surface area contributed by atoms with E-state index in [1.807, 2.05) is 0 Å². The number of hydrogen-bond donors (Lipinski definition) is 2. The maximum absolute atomic E-state index is 13.2. The van der Waals surface area contributed by atoms with Crippen LogP contribution >= 0.6 is 0 Å². The molecule has 29 heavy (non-hydrogen) atoms. The SMILES string of the molecule is O=S(=O)(Nc1cccc(F)c1)N1CCC(OCCCCCCNCC2CC2)CC1. The van der Waals surface area contributed by atoms with E-state index in [1.54, 1.807) is 6.07 Å². The molecule has 2 aliphatic rings. The van der Waals surface area contributed by atoms with E-state index in [0.717, 1.165) is 25.5 Å². The van der Waals surface area contributed by atoms with Crippen molar-refractivity contribution >= 4 is 15.9 Å². The van der Waals surface area contributed by atoms with Crippen LogP contribution < -0.4 is 10.0 Å². The van der Waals surface area contributed by atoms with Crippen LogP contribution in [0.5, 0.6) is 0 Å². The molecule has 0 radical (unpaired) electrons. The average molecular weight is 428 g/mol. The summed E-state index contributed by atoms with van der Waals surface area (Å²) in [4.78, 5) is 0. The standard InChI is InChI=1S/C21H34FN3O3S/c22-19-6-5-7-20(16-19)24-29(26,27)25-13-10-21(11-14-25)28-15-4-2-1-3-12-23-17-18-8-9-18/h5-7,16,18,21,23-24H,1-4,8-15,17H2. The van der Waals surface area contributed by atoms with Gasteiger partial charge in [0.25, 0.3) is 0 Å². The van der Waals surface area contributed by atoms with Gasteiger partial charge in [-0.1, -0.05) is 18.9 Å². The van der Waals surface area contributed by atoms with Gasteiger partial charge in [0, 0.05) is 19.7 Å². The third kappa shape index (κ3) is 8.20. The predicted octanol–water partition coefficient (Wildman–Crippen LogP) is 3.52. The zero-order valence-corrected chi connectivity index (χ0v) is 17.9. The summed E-state index contributed by atoms with van der Waals surface area (Å²) in [5.41, 5.74) is 0.242. The highest BCUT2D eigenvalue weighted by Gasteiger charge is 2.28. The second kappa shape index (κ2) is 11.2. The topological polar surface area (TPSA) is 70.7 Å². The minimum atomic E-state index is -3.66. The summed E-state index contributed by atoms with van der Waals surface area (Å²) in [6.45, 7) is 3.89. The zero-order chi connectivity index (χ0) is 20.5. The fourth-order valence-corrected chi connectivity index (χ4v) is 4.83. The van der Waals surface area contributed by atoms with Crippen LogP contribution in [0.4, 0.5) is 10.1 Å². The van der Waals surface area contributed by atoms with Gasteiger partial charge in [-0.05, 0) is 75.7 Å². The molecule has 0 spiro atoms. The van der Waals surface area contributed by atoms with Crippen molar-refractivity contribution in [2.24, 2.45) is 5.92 Å². The molecule has 0 atom stereocenters. The summed E-state index contributed by atoms with van der Waals surface area (Å²) in [6, 6.07) is 5.49. The van der Waals surface area contributed by atoms with Gasteiger partial charge in [0.2, 0.25) is 0 Å². The first-order valence-corrected chi connectivity index (χ1v) is 12.3. The van der Waals surface area contributed by atoms with Crippen LogP contribution in [0.2, 0.25) is 0 Å². The van der Waals surface area contributed by atoms with E-state index >= 15 is 0 Å². The Morgan fingerprint density at radius 3 is 2.55 bits per heavy atom. The van der Waals surface area contributed by atoms with Gasteiger partial charge in [0.05, 0.1) is 11.8 Å². The first kappa shape index (κ1) is 22.5. The lowest BCUT2D eigenvalue weighted by Crippen LogP contribution is -2.43. The molecule has 1 aromatic carbocycles. The summed E-state index contributed by atoms with van der Waals surface area (Å²) in [6.07, 6.45) is 8.99. The molecule has 1 aliphatic heterocycles. The number of ether oxygens (including phenoxy) is 1. The van der Waals surface area contributed by atoms with Crippen molar-refractivity contribution in [2.45, 2.75) is 57.5 Å². The van der Waals surface area contributed by atoms with Gasteiger partial charge >= 0.3 is 10.2 Å². The Morgan fingerprint density at radius 2 is 1.83 bits per heavy atom. The quantitative estimate of drug-likeness (QED) is 0.473. The Morgan fingerprint density at radius 1 is 1.07 bits per heavy atom. The minimum Gasteiger partial charge on any atom is -0.378 e. The van der Waals surface area contributed by atoms with E-state index in [2.05, 4.69) is 10.0 Å². The Kier molecular flexibility index (Phi) is 8.71. The number of unbranched alkanes of at least 4 members (excludes halogenated alkanes) is 3. The van der Waals surface area contributed by atoms with E-state index < -0.39 is 16.0 Å². The molecule has 0 bridgehead atoms. The largest absolute Gasteiger partial charge is 0.378 e. The fourth-order valence-electron chi connectivity index (χ4n) is 3.59. The van der Waals surface area contributed by atoms with E-state index in [0.29, 0.717) is 25.9 Å². The van der Waals surface area contributed by atoms with Gasteiger partial charge in [0.1, 0.15) is 5.82 Å². The van der Waals surface area contributed by atoms with Crippen molar-refractivity contribution < 1.29 is 17.5 Å². The van der Waals surface area contributed by atoms with Crippen LogP contribution in [0.3, 0.4) is 0 Å². The molecule has 8 heteroatoms. The third-order valence-corrected chi connectivity index (χ3v) is 7.08.